The number of alkyl halides is 3. The minimum Gasteiger partial charge on any atom is -0.475 e. The topological polar surface area (TPSA) is 108 Å². The van der Waals surface area contributed by atoms with Gasteiger partial charge in [-0.15, -0.1) is 0 Å². The van der Waals surface area contributed by atoms with Gasteiger partial charge in [-0.1, -0.05) is 48.5 Å². The molecule has 2 aromatic rings. The molecule has 0 fully saturated rings. The third-order valence-electron chi connectivity index (χ3n) is 2.70. The van der Waals surface area contributed by atoms with E-state index < -0.39 is 12.1 Å². The average Bonchev–Trinajstić information content (AvgIpc) is 2.55. The molecule has 0 aliphatic heterocycles. The molecule has 0 unspecified atom stereocenters. The lowest BCUT2D eigenvalue weighted by Crippen LogP contribution is -2.30. The summed E-state index contributed by atoms with van der Waals surface area (Å²) >= 11 is 0. The van der Waals surface area contributed by atoms with Crippen molar-refractivity contribution in [3.8, 4) is 11.1 Å². The van der Waals surface area contributed by atoms with Crippen LogP contribution >= 0.6 is 0 Å². The van der Waals surface area contributed by atoms with Crippen molar-refractivity contribution >= 4 is 11.9 Å². The van der Waals surface area contributed by atoms with E-state index in [2.05, 4.69) is 29.7 Å². The minimum atomic E-state index is -5.08. The number of hydroxylamine groups is 1. The number of carbonyl (C=O) groups is 1. The first kappa shape index (κ1) is 20.0. The molecule has 0 atom stereocenters. The van der Waals surface area contributed by atoms with E-state index in [1.165, 1.54) is 5.56 Å². The number of carboxylic acids is 1. The number of hydrogen-bond acceptors (Lipinski definition) is 3. The molecule has 0 amide bonds. The molecular formula is C16H16F3N3O3. The summed E-state index contributed by atoms with van der Waals surface area (Å²) in [5, 5.41) is 14.1. The van der Waals surface area contributed by atoms with Gasteiger partial charge in [0.2, 0.25) is 5.96 Å². The Labute approximate surface area is 141 Å². The first-order chi connectivity index (χ1) is 11.7. The first-order valence-electron chi connectivity index (χ1n) is 6.86. The Balaban J connectivity index is 0.000000381. The molecule has 0 saturated carbocycles. The van der Waals surface area contributed by atoms with Gasteiger partial charge in [0.05, 0.1) is 6.61 Å². The van der Waals surface area contributed by atoms with Gasteiger partial charge < -0.3 is 10.8 Å². The quantitative estimate of drug-likeness (QED) is 0.383. The van der Waals surface area contributed by atoms with E-state index in [0.29, 0.717) is 6.61 Å². The molecule has 0 saturated heterocycles. The molecular weight excluding hydrogens is 339 g/mol. The van der Waals surface area contributed by atoms with Crippen molar-refractivity contribution in [1.82, 2.24) is 5.48 Å². The maximum absolute atomic E-state index is 10.6. The minimum absolute atomic E-state index is 0.200. The number of rotatable bonds is 4. The Kier molecular flexibility index (Phi) is 7.42. The van der Waals surface area contributed by atoms with E-state index >= 15 is 0 Å². The van der Waals surface area contributed by atoms with Crippen LogP contribution in [-0.2, 0) is 16.2 Å². The molecule has 2 aromatic carbocycles. The zero-order chi connectivity index (χ0) is 18.9. The van der Waals surface area contributed by atoms with Crippen LogP contribution in [0.3, 0.4) is 0 Å². The van der Waals surface area contributed by atoms with E-state index in [1.54, 1.807) is 0 Å². The summed E-state index contributed by atoms with van der Waals surface area (Å²) in [5.74, 6) is -2.96. The zero-order valence-corrected chi connectivity index (χ0v) is 12.9. The van der Waals surface area contributed by atoms with Crippen molar-refractivity contribution in [3.63, 3.8) is 0 Å². The average molecular weight is 355 g/mol. The Bertz CT molecular complexity index is 707. The summed E-state index contributed by atoms with van der Waals surface area (Å²) in [6.45, 7) is 0.361. The van der Waals surface area contributed by atoms with E-state index in [4.69, 9.17) is 25.9 Å². The summed E-state index contributed by atoms with van der Waals surface area (Å²) in [4.78, 5) is 14.0. The number of aliphatic carboxylic acids is 1. The Morgan fingerprint density at radius 2 is 1.68 bits per heavy atom. The van der Waals surface area contributed by atoms with Crippen LogP contribution in [0.1, 0.15) is 5.56 Å². The van der Waals surface area contributed by atoms with E-state index in [0.717, 1.165) is 11.1 Å². The highest BCUT2D eigenvalue weighted by atomic mass is 19.4. The van der Waals surface area contributed by atoms with Gasteiger partial charge in [0, 0.05) is 0 Å². The molecule has 2 rings (SSSR count). The monoisotopic (exact) mass is 355 g/mol. The Morgan fingerprint density at radius 3 is 2.20 bits per heavy atom. The molecule has 0 aliphatic rings. The van der Waals surface area contributed by atoms with Gasteiger partial charge in [-0.05, 0) is 22.8 Å². The van der Waals surface area contributed by atoms with Gasteiger partial charge in [-0.3, -0.25) is 10.2 Å². The summed E-state index contributed by atoms with van der Waals surface area (Å²) < 4.78 is 31.7. The van der Waals surface area contributed by atoms with Gasteiger partial charge in [-0.2, -0.15) is 13.2 Å². The van der Waals surface area contributed by atoms with Crippen LogP contribution in [-0.4, -0.2) is 23.2 Å². The van der Waals surface area contributed by atoms with Crippen LogP contribution in [0, 0.1) is 5.41 Å². The van der Waals surface area contributed by atoms with Gasteiger partial charge in [-0.25, -0.2) is 10.3 Å². The molecule has 0 radical (unpaired) electrons. The van der Waals surface area contributed by atoms with Crippen LogP contribution in [0.15, 0.2) is 54.6 Å². The molecule has 0 heterocycles. The second kappa shape index (κ2) is 9.28. The third-order valence-corrected chi connectivity index (χ3v) is 2.70. The fourth-order valence-corrected chi connectivity index (χ4v) is 1.67. The van der Waals surface area contributed by atoms with Crippen LogP contribution in [0.2, 0.25) is 0 Å². The highest BCUT2D eigenvalue weighted by Crippen LogP contribution is 2.20. The number of hydrogen-bond donors (Lipinski definition) is 4. The van der Waals surface area contributed by atoms with Crippen LogP contribution in [0.25, 0.3) is 11.1 Å². The predicted molar refractivity (Wildman–Crippen MR) is 85.4 cm³/mol. The number of guanidine groups is 1. The number of halogens is 3. The van der Waals surface area contributed by atoms with E-state index in [-0.39, 0.29) is 5.96 Å². The lowest BCUT2D eigenvalue weighted by atomic mass is 10.0. The van der Waals surface area contributed by atoms with Crippen molar-refractivity contribution in [2.75, 3.05) is 0 Å². The molecule has 134 valence electrons. The highest BCUT2D eigenvalue weighted by Gasteiger charge is 2.38. The van der Waals surface area contributed by atoms with Gasteiger partial charge in [0.25, 0.3) is 0 Å². The molecule has 6 nitrogen and oxygen atoms in total. The smallest absolute Gasteiger partial charge is 0.475 e. The first-order valence-corrected chi connectivity index (χ1v) is 6.86. The van der Waals surface area contributed by atoms with Crippen molar-refractivity contribution in [2.24, 2.45) is 5.73 Å². The molecule has 0 bridgehead atoms. The fraction of sp³-hybridized carbons (Fsp3) is 0.125. The lowest BCUT2D eigenvalue weighted by Gasteiger charge is -2.07. The Hall–Kier alpha value is -3.07. The van der Waals surface area contributed by atoms with Crippen LogP contribution < -0.4 is 11.2 Å². The molecule has 0 aromatic heterocycles. The van der Waals surface area contributed by atoms with Crippen LogP contribution in [0.4, 0.5) is 13.2 Å². The maximum Gasteiger partial charge on any atom is 0.490 e. The largest absolute Gasteiger partial charge is 0.490 e. The van der Waals surface area contributed by atoms with Crippen molar-refractivity contribution < 1.29 is 27.9 Å². The third kappa shape index (κ3) is 7.84. The SMILES string of the molecule is N=C(N)NOCc1cccc(-c2ccccc2)c1.O=C(O)C(F)(F)F. The molecule has 25 heavy (non-hydrogen) atoms. The highest BCUT2D eigenvalue weighted by molar-refractivity contribution is 5.73. The zero-order valence-electron chi connectivity index (χ0n) is 12.9. The van der Waals surface area contributed by atoms with Crippen LogP contribution in [0.5, 0.6) is 0 Å². The van der Waals surface area contributed by atoms with Gasteiger partial charge in [0.15, 0.2) is 0 Å². The summed E-state index contributed by atoms with van der Waals surface area (Å²) in [6, 6.07) is 18.2. The van der Waals surface area contributed by atoms with E-state index in [1.807, 2.05) is 30.3 Å². The molecule has 9 heteroatoms. The lowest BCUT2D eigenvalue weighted by molar-refractivity contribution is -0.192. The molecule has 0 aliphatic carbocycles. The number of nitrogens with one attached hydrogen (secondary N) is 2. The number of benzene rings is 2. The number of nitrogens with two attached hydrogens (primary N) is 1. The second-order valence-corrected chi connectivity index (χ2v) is 4.67. The molecule has 0 spiro atoms. The molecule has 5 N–H and O–H groups in total. The standard InChI is InChI=1S/C14H15N3O.C2HF3O2/c15-14(16)17-18-10-11-5-4-8-13(9-11)12-6-2-1-3-7-12;3-2(4,5)1(6)7/h1-9H,10H2,(H4,15,16,17);(H,6,7). The summed E-state index contributed by atoms with van der Waals surface area (Å²) in [6.07, 6.45) is -5.08. The van der Waals surface area contributed by atoms with Gasteiger partial charge >= 0.3 is 12.1 Å². The second-order valence-electron chi connectivity index (χ2n) is 4.67. The summed E-state index contributed by atoms with van der Waals surface area (Å²) in [7, 11) is 0. The van der Waals surface area contributed by atoms with Crippen molar-refractivity contribution in [2.45, 2.75) is 12.8 Å². The maximum atomic E-state index is 10.6. The Morgan fingerprint density at radius 1 is 1.12 bits per heavy atom. The predicted octanol–water partition coefficient (Wildman–Crippen LogP) is 2.90. The van der Waals surface area contributed by atoms with E-state index in [9.17, 15) is 13.2 Å². The fourth-order valence-electron chi connectivity index (χ4n) is 1.67. The summed E-state index contributed by atoms with van der Waals surface area (Å²) in [5.41, 5.74) is 10.8. The van der Waals surface area contributed by atoms with Crippen molar-refractivity contribution in [3.05, 3.63) is 60.2 Å². The number of carboxylic acid groups (broad SMARTS) is 1. The van der Waals surface area contributed by atoms with Crippen molar-refractivity contribution in [1.29, 1.82) is 5.41 Å². The van der Waals surface area contributed by atoms with Gasteiger partial charge in [0.1, 0.15) is 0 Å². The normalized spacial score (nSPS) is 10.4.